The van der Waals surface area contributed by atoms with E-state index in [9.17, 15) is 16.7 Å². The maximum atomic E-state index is 12.4. The van der Waals surface area contributed by atoms with Gasteiger partial charge in [-0.15, -0.1) is 3.89 Å². The second-order valence-corrected chi connectivity index (χ2v) is 3.41. The third-order valence-electron chi connectivity index (χ3n) is 1.28. The zero-order valence-electron chi connectivity index (χ0n) is 6.49. The molecule has 7 heteroatoms. The van der Waals surface area contributed by atoms with Gasteiger partial charge in [0.1, 0.15) is 4.90 Å². The third-order valence-corrected chi connectivity index (χ3v) is 2.13. The Balaban J connectivity index is 3.41. The fraction of sp³-hybridized carbons (Fsp3) is 0.167. The van der Waals surface area contributed by atoms with Crippen molar-refractivity contribution in [2.24, 2.45) is 0 Å². The van der Waals surface area contributed by atoms with Crippen molar-refractivity contribution in [3.63, 3.8) is 0 Å². The summed E-state index contributed by atoms with van der Waals surface area (Å²) < 4.78 is 50.2. The van der Waals surface area contributed by atoms with Crippen LogP contribution in [-0.2, 0) is 10.2 Å². The fourth-order valence-corrected chi connectivity index (χ4v) is 1.36. The van der Waals surface area contributed by atoms with E-state index in [-0.39, 0.29) is 5.75 Å². The standard InChI is InChI=1S/C6H5F2NO3S/c1-12-4-3-9-6(7)2-5(4)13(8,10)11/h2-3H,1H3. The number of aromatic nitrogens is 1. The molecule has 0 radical (unpaired) electrons. The molecule has 0 aliphatic carbocycles. The SMILES string of the molecule is COc1cnc(F)cc1S(=O)(=O)F. The molecule has 0 fully saturated rings. The zero-order chi connectivity index (χ0) is 10.1. The van der Waals surface area contributed by atoms with Gasteiger partial charge in [-0.1, -0.05) is 0 Å². The minimum atomic E-state index is -4.97. The highest BCUT2D eigenvalue weighted by molar-refractivity contribution is 7.86. The van der Waals surface area contributed by atoms with Crippen LogP contribution in [-0.4, -0.2) is 20.5 Å². The summed E-state index contributed by atoms with van der Waals surface area (Å²) in [5.74, 6) is -1.42. The molecule has 0 spiro atoms. The highest BCUT2D eigenvalue weighted by Crippen LogP contribution is 2.24. The molecule has 4 nitrogen and oxygen atoms in total. The van der Waals surface area contributed by atoms with E-state index in [1.54, 1.807) is 0 Å². The molecule has 0 aliphatic rings. The molecule has 0 saturated carbocycles. The topological polar surface area (TPSA) is 56.3 Å². The van der Waals surface area contributed by atoms with Crippen molar-refractivity contribution >= 4 is 10.2 Å². The average Bonchev–Trinajstić information content (AvgIpc) is 2.03. The molecule has 1 rings (SSSR count). The van der Waals surface area contributed by atoms with E-state index in [1.165, 1.54) is 0 Å². The zero-order valence-corrected chi connectivity index (χ0v) is 7.31. The summed E-state index contributed by atoms with van der Waals surface area (Å²) >= 11 is 0. The number of pyridine rings is 1. The lowest BCUT2D eigenvalue weighted by molar-refractivity contribution is 0.395. The van der Waals surface area contributed by atoms with Crippen molar-refractivity contribution in [3.05, 3.63) is 18.2 Å². The van der Waals surface area contributed by atoms with Crippen LogP contribution in [0.5, 0.6) is 5.75 Å². The Hall–Kier alpha value is -1.24. The summed E-state index contributed by atoms with van der Waals surface area (Å²) in [6.07, 6.45) is 0.793. The molecule has 1 aromatic rings. The maximum Gasteiger partial charge on any atom is 0.336 e. The minimum Gasteiger partial charge on any atom is -0.494 e. The highest BCUT2D eigenvalue weighted by Gasteiger charge is 2.19. The second kappa shape index (κ2) is 3.25. The molecule has 0 N–H and O–H groups in total. The van der Waals surface area contributed by atoms with Crippen molar-refractivity contribution in [2.75, 3.05) is 7.11 Å². The Labute approximate surface area is 73.4 Å². The molecular weight excluding hydrogens is 204 g/mol. The van der Waals surface area contributed by atoms with Crippen LogP contribution in [0.2, 0.25) is 0 Å². The van der Waals surface area contributed by atoms with Gasteiger partial charge in [0, 0.05) is 6.07 Å². The van der Waals surface area contributed by atoms with Gasteiger partial charge in [-0.2, -0.15) is 12.8 Å². The van der Waals surface area contributed by atoms with Crippen molar-refractivity contribution in [3.8, 4) is 5.75 Å². The van der Waals surface area contributed by atoms with Gasteiger partial charge in [-0.25, -0.2) is 4.98 Å². The summed E-state index contributed by atoms with van der Waals surface area (Å²) in [5.41, 5.74) is 0. The number of rotatable bonds is 2. The molecular formula is C6H5F2NO3S. The molecule has 0 saturated heterocycles. The molecule has 72 valence electrons. The first-order chi connectivity index (χ1) is 5.95. The van der Waals surface area contributed by atoms with Gasteiger partial charge in [-0.3, -0.25) is 0 Å². The first-order valence-electron chi connectivity index (χ1n) is 3.09. The number of nitrogens with zero attached hydrogens (tertiary/aromatic N) is 1. The summed E-state index contributed by atoms with van der Waals surface area (Å²) in [5, 5.41) is 0. The fourth-order valence-electron chi connectivity index (χ4n) is 0.744. The van der Waals surface area contributed by atoms with E-state index in [2.05, 4.69) is 9.72 Å². The average molecular weight is 209 g/mol. The molecule has 0 aliphatic heterocycles. The van der Waals surface area contributed by atoms with Crippen LogP contribution in [0.4, 0.5) is 8.28 Å². The van der Waals surface area contributed by atoms with Gasteiger partial charge < -0.3 is 4.74 Å². The van der Waals surface area contributed by atoms with Crippen molar-refractivity contribution in [1.82, 2.24) is 4.98 Å². The first kappa shape index (κ1) is 9.85. The van der Waals surface area contributed by atoms with Crippen molar-refractivity contribution < 1.29 is 21.4 Å². The number of ether oxygens (including phenoxy) is 1. The lowest BCUT2D eigenvalue weighted by Crippen LogP contribution is -1.99. The van der Waals surface area contributed by atoms with Crippen LogP contribution >= 0.6 is 0 Å². The smallest absolute Gasteiger partial charge is 0.336 e. The number of hydrogen-bond acceptors (Lipinski definition) is 4. The predicted octanol–water partition coefficient (Wildman–Crippen LogP) is 0.888. The van der Waals surface area contributed by atoms with Gasteiger partial charge >= 0.3 is 10.2 Å². The lowest BCUT2D eigenvalue weighted by Gasteiger charge is -2.02. The Morgan fingerprint density at radius 2 is 2.15 bits per heavy atom. The Bertz CT molecular complexity index is 418. The van der Waals surface area contributed by atoms with Crippen LogP contribution in [0, 0.1) is 5.95 Å². The molecule has 0 atom stereocenters. The van der Waals surface area contributed by atoms with Crippen LogP contribution in [0.1, 0.15) is 0 Å². The van der Waals surface area contributed by atoms with Gasteiger partial charge in [-0.05, 0) is 0 Å². The molecule has 0 amide bonds. The van der Waals surface area contributed by atoms with Crippen molar-refractivity contribution in [1.29, 1.82) is 0 Å². The van der Waals surface area contributed by atoms with Crippen LogP contribution in [0.25, 0.3) is 0 Å². The van der Waals surface area contributed by atoms with E-state index in [1.807, 2.05) is 0 Å². The lowest BCUT2D eigenvalue weighted by atomic mass is 10.4. The molecule has 0 unspecified atom stereocenters. The van der Waals surface area contributed by atoms with E-state index in [0.29, 0.717) is 6.07 Å². The maximum absolute atomic E-state index is 12.4. The third kappa shape index (κ3) is 2.11. The molecule has 13 heavy (non-hydrogen) atoms. The second-order valence-electron chi connectivity index (χ2n) is 2.10. The van der Waals surface area contributed by atoms with E-state index < -0.39 is 21.1 Å². The first-order valence-corrected chi connectivity index (χ1v) is 4.47. The quantitative estimate of drug-likeness (QED) is 0.536. The van der Waals surface area contributed by atoms with Gasteiger partial charge in [0.2, 0.25) is 5.95 Å². The van der Waals surface area contributed by atoms with Crippen molar-refractivity contribution in [2.45, 2.75) is 4.90 Å². The molecule has 0 aromatic carbocycles. The number of hydrogen-bond donors (Lipinski definition) is 0. The van der Waals surface area contributed by atoms with E-state index in [0.717, 1.165) is 13.3 Å². The summed E-state index contributed by atoms with van der Waals surface area (Å²) in [7, 11) is -3.84. The van der Waals surface area contributed by atoms with Gasteiger partial charge in [0.15, 0.2) is 5.75 Å². The van der Waals surface area contributed by atoms with Crippen LogP contribution < -0.4 is 4.74 Å². The monoisotopic (exact) mass is 209 g/mol. The summed E-state index contributed by atoms with van der Waals surface area (Å²) in [4.78, 5) is 2.24. The Kier molecular flexibility index (Phi) is 2.46. The minimum absolute atomic E-state index is 0.330. The summed E-state index contributed by atoms with van der Waals surface area (Å²) in [6, 6.07) is 0.453. The van der Waals surface area contributed by atoms with E-state index >= 15 is 0 Å². The predicted molar refractivity (Wildman–Crippen MR) is 39.0 cm³/mol. The number of methoxy groups -OCH3 is 1. The van der Waals surface area contributed by atoms with E-state index in [4.69, 9.17) is 0 Å². The Morgan fingerprint density at radius 3 is 2.62 bits per heavy atom. The van der Waals surface area contributed by atoms with Crippen LogP contribution in [0.15, 0.2) is 17.2 Å². The number of halogens is 2. The highest BCUT2D eigenvalue weighted by atomic mass is 32.3. The molecule has 1 heterocycles. The largest absolute Gasteiger partial charge is 0.494 e. The Morgan fingerprint density at radius 1 is 1.54 bits per heavy atom. The molecule has 0 bridgehead atoms. The molecule has 1 aromatic heterocycles. The van der Waals surface area contributed by atoms with Crippen LogP contribution in [0.3, 0.4) is 0 Å². The van der Waals surface area contributed by atoms with Gasteiger partial charge in [0.05, 0.1) is 13.3 Å². The van der Waals surface area contributed by atoms with Gasteiger partial charge in [0.25, 0.3) is 0 Å². The summed E-state index contributed by atoms with van der Waals surface area (Å²) in [6.45, 7) is 0. The normalized spacial score (nSPS) is 11.3.